The smallest absolute Gasteiger partial charge is 0.0716 e. The number of hydrogen-bond acceptors (Lipinski definition) is 4. The van der Waals surface area contributed by atoms with E-state index >= 15 is 0 Å². The molecule has 0 atom stereocenters. The number of anilines is 6. The molecule has 0 aliphatic rings. The van der Waals surface area contributed by atoms with Crippen LogP contribution in [-0.4, -0.2) is 13.2 Å². The summed E-state index contributed by atoms with van der Waals surface area (Å²) >= 11 is 0. The Kier molecular flexibility index (Phi) is 18.5. The van der Waals surface area contributed by atoms with Gasteiger partial charge in [0.05, 0.1) is 24.6 Å². The lowest BCUT2D eigenvalue weighted by molar-refractivity contribution is 0.116. The Hall–Kier alpha value is -8.28. The zero-order chi connectivity index (χ0) is 53.1. The number of aryl methyl sites for hydroxylation is 2. The number of unbranched alkanes of at least 4 members (excludes halogenated alkanes) is 6. The summed E-state index contributed by atoms with van der Waals surface area (Å²) in [7, 11) is 0. The molecule has 0 bridgehead atoms. The fourth-order valence-electron chi connectivity index (χ4n) is 10.5. The van der Waals surface area contributed by atoms with Crippen LogP contribution in [0.15, 0.2) is 244 Å². The van der Waals surface area contributed by atoms with Crippen molar-refractivity contribution in [1.82, 2.24) is 0 Å². The topological polar surface area (TPSA) is 24.9 Å². The molecule has 0 N–H and O–H groups in total. The molecule has 0 aliphatic carbocycles. The summed E-state index contributed by atoms with van der Waals surface area (Å²) in [5, 5.41) is 4.89. The molecule has 390 valence electrons. The minimum Gasteiger partial charge on any atom is -0.377 e. The van der Waals surface area contributed by atoms with Crippen LogP contribution in [0.2, 0.25) is 0 Å². The number of nitrogens with zero attached hydrogens (tertiary/aromatic N) is 2. The maximum absolute atomic E-state index is 5.97. The predicted molar refractivity (Wildman–Crippen MR) is 333 cm³/mol. The van der Waals surface area contributed by atoms with Crippen molar-refractivity contribution in [3.8, 4) is 11.1 Å². The minimum absolute atomic E-state index is 0.662. The quantitative estimate of drug-likeness (QED) is 0.0479. The summed E-state index contributed by atoms with van der Waals surface area (Å²) in [5.74, 6) is 0. The number of benzene rings is 10. The SMILES string of the molecule is C=Cc1ccc(COCCCCCCc2ccc(N(c3ccc(-c4ccc(N(c5ccc(CCCCCCOCc6ccc(C=C)cc6)cc5)c5cccc6ccccc56)cc4)cc3)c3cccc4ccccc34)cc2)cc1. The van der Waals surface area contributed by atoms with E-state index in [-0.39, 0.29) is 0 Å². The van der Waals surface area contributed by atoms with Gasteiger partial charge in [-0.25, -0.2) is 0 Å². The first-order valence-corrected chi connectivity index (χ1v) is 28.1. The molecule has 10 aromatic carbocycles. The molecule has 0 unspecified atom stereocenters. The monoisotopic (exact) mass is 1020 g/mol. The van der Waals surface area contributed by atoms with Crippen molar-refractivity contribution in [2.45, 2.75) is 77.4 Å². The third-order valence-electron chi connectivity index (χ3n) is 15.0. The zero-order valence-corrected chi connectivity index (χ0v) is 45.1. The summed E-state index contributed by atoms with van der Waals surface area (Å²) in [6.45, 7) is 10.6. The fraction of sp³-hybridized carbons (Fsp3) is 0.189. The first kappa shape index (κ1) is 53.1. The molecule has 0 saturated heterocycles. The summed E-state index contributed by atoms with van der Waals surface area (Å²) in [6, 6.07) is 84.0. The second-order valence-corrected chi connectivity index (χ2v) is 20.4. The van der Waals surface area contributed by atoms with Crippen molar-refractivity contribution >= 4 is 67.8 Å². The van der Waals surface area contributed by atoms with Crippen molar-refractivity contribution in [3.05, 3.63) is 277 Å². The van der Waals surface area contributed by atoms with E-state index in [4.69, 9.17) is 9.47 Å². The van der Waals surface area contributed by atoms with Gasteiger partial charge in [-0.05, 0) is 154 Å². The molecule has 4 heteroatoms. The Bertz CT molecular complexity index is 3230. The van der Waals surface area contributed by atoms with E-state index in [1.54, 1.807) is 0 Å². The normalized spacial score (nSPS) is 11.2. The van der Waals surface area contributed by atoms with E-state index in [0.717, 1.165) is 84.1 Å². The maximum atomic E-state index is 5.97. The van der Waals surface area contributed by atoms with E-state index in [1.807, 2.05) is 12.2 Å². The van der Waals surface area contributed by atoms with Crippen molar-refractivity contribution in [2.75, 3.05) is 23.0 Å². The van der Waals surface area contributed by atoms with Gasteiger partial charge in [-0.1, -0.05) is 221 Å². The fourth-order valence-corrected chi connectivity index (χ4v) is 10.5. The van der Waals surface area contributed by atoms with Crippen LogP contribution in [0.25, 0.3) is 44.8 Å². The Balaban J connectivity index is 0.792. The average Bonchev–Trinajstić information content (AvgIpc) is 3.50. The molecule has 0 aliphatic heterocycles. The Morgan fingerprint density at radius 2 is 0.641 bits per heavy atom. The highest BCUT2D eigenvalue weighted by molar-refractivity contribution is 6.00. The van der Waals surface area contributed by atoms with Gasteiger partial charge in [0.15, 0.2) is 0 Å². The van der Waals surface area contributed by atoms with Gasteiger partial charge in [-0.15, -0.1) is 0 Å². The van der Waals surface area contributed by atoms with E-state index in [2.05, 4.69) is 253 Å². The van der Waals surface area contributed by atoms with Gasteiger partial charge in [0.1, 0.15) is 0 Å². The van der Waals surface area contributed by atoms with Crippen LogP contribution in [0, 0.1) is 0 Å². The molecule has 0 spiro atoms. The molecule has 78 heavy (non-hydrogen) atoms. The van der Waals surface area contributed by atoms with Crippen molar-refractivity contribution in [3.63, 3.8) is 0 Å². The van der Waals surface area contributed by atoms with Crippen LogP contribution >= 0.6 is 0 Å². The van der Waals surface area contributed by atoms with Gasteiger partial charge in [0, 0.05) is 46.7 Å². The van der Waals surface area contributed by atoms with Crippen molar-refractivity contribution in [1.29, 1.82) is 0 Å². The summed E-state index contributed by atoms with van der Waals surface area (Å²) < 4.78 is 11.9. The van der Waals surface area contributed by atoms with Crippen LogP contribution in [0.3, 0.4) is 0 Å². The molecule has 0 amide bonds. The van der Waals surface area contributed by atoms with Crippen LogP contribution in [0.4, 0.5) is 34.1 Å². The number of hydrogen-bond donors (Lipinski definition) is 0. The number of fused-ring (bicyclic) bond motifs is 2. The van der Waals surface area contributed by atoms with E-state index in [9.17, 15) is 0 Å². The highest BCUT2D eigenvalue weighted by atomic mass is 16.5. The lowest BCUT2D eigenvalue weighted by Gasteiger charge is -2.28. The average molecular weight is 1020 g/mol. The van der Waals surface area contributed by atoms with Crippen molar-refractivity contribution < 1.29 is 9.47 Å². The third-order valence-corrected chi connectivity index (χ3v) is 15.0. The molecule has 0 fully saturated rings. The second kappa shape index (κ2) is 27.2. The first-order valence-electron chi connectivity index (χ1n) is 28.1. The third kappa shape index (κ3) is 13.8. The Morgan fingerprint density at radius 1 is 0.308 bits per heavy atom. The van der Waals surface area contributed by atoms with Crippen LogP contribution in [0.5, 0.6) is 0 Å². The number of rotatable bonds is 27. The van der Waals surface area contributed by atoms with Gasteiger partial charge >= 0.3 is 0 Å². The summed E-state index contributed by atoms with van der Waals surface area (Å²) in [5.41, 5.74) is 16.6. The minimum atomic E-state index is 0.662. The van der Waals surface area contributed by atoms with Crippen LogP contribution < -0.4 is 9.80 Å². The highest BCUT2D eigenvalue weighted by Gasteiger charge is 2.18. The lowest BCUT2D eigenvalue weighted by Crippen LogP contribution is -2.11. The molecular formula is C74H72N2O2. The molecule has 10 aromatic rings. The molecule has 0 aromatic heterocycles. The summed E-state index contributed by atoms with van der Waals surface area (Å²) in [4.78, 5) is 4.81. The zero-order valence-electron chi connectivity index (χ0n) is 45.1. The highest BCUT2D eigenvalue weighted by Crippen LogP contribution is 2.42. The molecule has 10 rings (SSSR count). The Labute approximate surface area is 463 Å². The molecule has 4 nitrogen and oxygen atoms in total. The van der Waals surface area contributed by atoms with E-state index in [0.29, 0.717) is 13.2 Å². The molecule has 0 heterocycles. The van der Waals surface area contributed by atoms with Crippen LogP contribution in [-0.2, 0) is 35.5 Å². The number of ether oxygens (including phenoxy) is 2. The van der Waals surface area contributed by atoms with Gasteiger partial charge in [0.25, 0.3) is 0 Å². The molecule has 0 radical (unpaired) electrons. The molecule has 0 saturated carbocycles. The van der Waals surface area contributed by atoms with Gasteiger partial charge in [-0.3, -0.25) is 0 Å². The van der Waals surface area contributed by atoms with Crippen molar-refractivity contribution in [2.24, 2.45) is 0 Å². The largest absolute Gasteiger partial charge is 0.377 e. The van der Waals surface area contributed by atoms with E-state index in [1.165, 1.54) is 93.5 Å². The van der Waals surface area contributed by atoms with E-state index < -0.39 is 0 Å². The second-order valence-electron chi connectivity index (χ2n) is 20.4. The standard InChI is InChI=1S/C74H72N2O2/c1-3-57-29-33-61(34-30-57)55-77-53-15-7-5-9-19-59-37-45-67(46-38-59)75(73-27-17-23-65-21-11-13-25-71(65)73)69-49-41-63(42-50-69)64-43-51-70(52-44-64)76(74-28-18-24-66-22-12-14-26-72(66)74)68-47-39-60(40-48-68)20-10-6-8-16-54-78-56-62-35-31-58(4-2)32-36-62/h3-4,11-14,17-18,21-52H,1-2,5-10,15-16,19-20,53-56H2. The van der Waals surface area contributed by atoms with Gasteiger partial charge in [0.2, 0.25) is 0 Å². The van der Waals surface area contributed by atoms with Gasteiger partial charge < -0.3 is 19.3 Å². The van der Waals surface area contributed by atoms with Gasteiger partial charge in [-0.2, -0.15) is 0 Å². The predicted octanol–water partition coefficient (Wildman–Crippen LogP) is 20.5. The Morgan fingerprint density at radius 3 is 1.03 bits per heavy atom. The lowest BCUT2D eigenvalue weighted by atomic mass is 10.0. The summed E-state index contributed by atoms with van der Waals surface area (Å²) in [6.07, 6.45) is 15.1. The molecular weight excluding hydrogens is 949 g/mol. The maximum Gasteiger partial charge on any atom is 0.0716 e. The van der Waals surface area contributed by atoms with Crippen LogP contribution in [0.1, 0.15) is 84.7 Å². The first-order chi connectivity index (χ1) is 38.6.